The third-order valence-electron chi connectivity index (χ3n) is 3.40. The fourth-order valence-electron chi connectivity index (χ4n) is 2.41. The summed E-state index contributed by atoms with van der Waals surface area (Å²) in [5.74, 6) is 0.722. The predicted molar refractivity (Wildman–Crippen MR) is 80.2 cm³/mol. The number of carbonyl (C=O) groups is 1. The van der Waals surface area contributed by atoms with Gasteiger partial charge >= 0.3 is 0 Å². The van der Waals surface area contributed by atoms with E-state index in [4.69, 9.17) is 0 Å². The Bertz CT molecular complexity index is 786. The first-order valence-electron chi connectivity index (χ1n) is 6.92. The van der Waals surface area contributed by atoms with Crippen LogP contribution in [0.25, 0.3) is 10.9 Å². The van der Waals surface area contributed by atoms with Crippen molar-refractivity contribution < 1.29 is 4.79 Å². The van der Waals surface area contributed by atoms with E-state index in [1.54, 1.807) is 16.9 Å². The van der Waals surface area contributed by atoms with Crippen LogP contribution in [-0.2, 0) is 6.42 Å². The van der Waals surface area contributed by atoms with E-state index >= 15 is 0 Å². The monoisotopic (exact) mass is 280 g/mol. The van der Waals surface area contributed by atoms with Gasteiger partial charge in [0.05, 0.1) is 11.9 Å². The first kappa shape index (κ1) is 13.4. The number of aromatic nitrogens is 4. The van der Waals surface area contributed by atoms with E-state index in [1.807, 2.05) is 38.1 Å². The maximum atomic E-state index is 12.6. The molecule has 0 aliphatic rings. The third-order valence-corrected chi connectivity index (χ3v) is 3.40. The lowest BCUT2D eigenvalue weighted by molar-refractivity contribution is 0.0990. The lowest BCUT2D eigenvalue weighted by Gasteiger charge is -2.09. The van der Waals surface area contributed by atoms with E-state index in [-0.39, 0.29) is 18.2 Å². The molecule has 2 heterocycles. The molecular formula is C16H16N4O. The molecule has 3 aromatic rings. The van der Waals surface area contributed by atoms with Crippen LogP contribution in [0.15, 0.2) is 42.9 Å². The van der Waals surface area contributed by atoms with Gasteiger partial charge in [0.25, 0.3) is 0 Å². The topological polar surface area (TPSA) is 60.7 Å². The molecule has 0 radical (unpaired) electrons. The van der Waals surface area contributed by atoms with Crippen LogP contribution in [-0.4, -0.2) is 25.5 Å². The number of hydrogen-bond acceptors (Lipinski definition) is 4. The van der Waals surface area contributed by atoms with Crippen molar-refractivity contribution in [1.29, 1.82) is 0 Å². The van der Waals surface area contributed by atoms with Crippen LogP contribution < -0.4 is 0 Å². The molecule has 1 aromatic carbocycles. The van der Waals surface area contributed by atoms with Gasteiger partial charge in [0.2, 0.25) is 0 Å². The Kier molecular flexibility index (Phi) is 3.48. The first-order valence-corrected chi connectivity index (χ1v) is 6.92. The predicted octanol–water partition coefficient (Wildman–Crippen LogP) is 2.83. The van der Waals surface area contributed by atoms with Crippen molar-refractivity contribution >= 4 is 16.7 Å². The van der Waals surface area contributed by atoms with Gasteiger partial charge in [-0.3, -0.25) is 9.78 Å². The summed E-state index contributed by atoms with van der Waals surface area (Å²) in [4.78, 5) is 21.1. The molecule has 0 atom stereocenters. The van der Waals surface area contributed by atoms with Gasteiger partial charge in [-0.25, -0.2) is 9.67 Å². The van der Waals surface area contributed by atoms with Gasteiger partial charge in [0, 0.05) is 23.2 Å². The lowest BCUT2D eigenvalue weighted by atomic mass is 10.0. The summed E-state index contributed by atoms with van der Waals surface area (Å²) < 4.78 is 1.78. The van der Waals surface area contributed by atoms with Crippen molar-refractivity contribution in [2.75, 3.05) is 0 Å². The molecule has 0 aliphatic heterocycles. The Morgan fingerprint density at radius 3 is 2.81 bits per heavy atom. The van der Waals surface area contributed by atoms with E-state index in [0.29, 0.717) is 11.4 Å². The van der Waals surface area contributed by atoms with Crippen molar-refractivity contribution in [1.82, 2.24) is 19.7 Å². The van der Waals surface area contributed by atoms with E-state index in [1.165, 1.54) is 6.33 Å². The Labute approximate surface area is 122 Å². The minimum absolute atomic E-state index is 0.0310. The number of fused-ring (bicyclic) bond motifs is 1. The highest BCUT2D eigenvalue weighted by atomic mass is 16.1. The summed E-state index contributed by atoms with van der Waals surface area (Å²) in [6, 6.07) is 9.60. The Morgan fingerprint density at radius 1 is 1.19 bits per heavy atom. The fraction of sp³-hybridized carbons (Fsp3) is 0.250. The number of nitrogens with zero attached hydrogens (tertiary/aromatic N) is 4. The second-order valence-corrected chi connectivity index (χ2v) is 5.19. The lowest BCUT2D eigenvalue weighted by Crippen LogP contribution is -2.13. The van der Waals surface area contributed by atoms with E-state index in [0.717, 1.165) is 10.9 Å². The Hall–Kier alpha value is -2.56. The van der Waals surface area contributed by atoms with E-state index in [2.05, 4.69) is 15.1 Å². The van der Waals surface area contributed by atoms with Gasteiger partial charge in [-0.1, -0.05) is 18.2 Å². The van der Waals surface area contributed by atoms with E-state index < -0.39 is 0 Å². The van der Waals surface area contributed by atoms with Crippen molar-refractivity contribution in [2.24, 2.45) is 0 Å². The average Bonchev–Trinajstić information content (AvgIpc) is 2.95. The SMILES string of the molecule is CC(C)n1ncnc1CC(=O)c1ccnc2ccccc12. The highest BCUT2D eigenvalue weighted by Gasteiger charge is 2.15. The van der Waals surface area contributed by atoms with Gasteiger partial charge in [-0.2, -0.15) is 5.10 Å². The standard InChI is InChI=1S/C16H16N4O/c1-11(2)20-16(18-10-19-20)9-15(21)13-7-8-17-14-6-4-3-5-12(13)14/h3-8,10-11H,9H2,1-2H3. The number of pyridine rings is 1. The number of hydrogen-bond donors (Lipinski definition) is 0. The third kappa shape index (κ3) is 2.54. The van der Waals surface area contributed by atoms with Crippen LogP contribution in [0.3, 0.4) is 0 Å². The maximum absolute atomic E-state index is 12.6. The van der Waals surface area contributed by atoms with E-state index in [9.17, 15) is 4.79 Å². The fourth-order valence-corrected chi connectivity index (χ4v) is 2.41. The molecule has 0 aliphatic carbocycles. The zero-order valence-corrected chi connectivity index (χ0v) is 12.0. The van der Waals surface area contributed by atoms with Crippen molar-refractivity contribution in [3.05, 3.63) is 54.2 Å². The molecule has 0 amide bonds. The number of carbonyl (C=O) groups excluding carboxylic acids is 1. The maximum Gasteiger partial charge on any atom is 0.171 e. The van der Waals surface area contributed by atoms with Crippen LogP contribution in [0.5, 0.6) is 0 Å². The normalized spacial score (nSPS) is 11.2. The quantitative estimate of drug-likeness (QED) is 0.689. The molecule has 0 fully saturated rings. The summed E-state index contributed by atoms with van der Waals surface area (Å²) in [5, 5.41) is 5.04. The smallest absolute Gasteiger partial charge is 0.171 e. The second kappa shape index (κ2) is 5.44. The molecule has 0 bridgehead atoms. The van der Waals surface area contributed by atoms with Crippen molar-refractivity contribution in [3.8, 4) is 0 Å². The van der Waals surface area contributed by atoms with Gasteiger partial charge < -0.3 is 0 Å². The zero-order chi connectivity index (χ0) is 14.8. The summed E-state index contributed by atoms with van der Waals surface area (Å²) in [6.07, 6.45) is 3.40. The number of rotatable bonds is 4. The summed E-state index contributed by atoms with van der Waals surface area (Å²) in [6.45, 7) is 4.04. The van der Waals surface area contributed by atoms with Crippen LogP contribution in [0.4, 0.5) is 0 Å². The minimum atomic E-state index is 0.0310. The summed E-state index contributed by atoms with van der Waals surface area (Å²) in [7, 11) is 0. The van der Waals surface area contributed by atoms with Crippen LogP contribution in [0.2, 0.25) is 0 Å². The molecule has 0 saturated heterocycles. The average molecular weight is 280 g/mol. The first-order chi connectivity index (χ1) is 10.2. The number of para-hydroxylation sites is 1. The molecule has 0 saturated carbocycles. The highest BCUT2D eigenvalue weighted by Crippen LogP contribution is 2.18. The van der Waals surface area contributed by atoms with Gasteiger partial charge in [0.15, 0.2) is 5.78 Å². The molecular weight excluding hydrogens is 264 g/mol. The van der Waals surface area contributed by atoms with Crippen molar-refractivity contribution in [2.45, 2.75) is 26.3 Å². The Morgan fingerprint density at radius 2 is 2.00 bits per heavy atom. The van der Waals surface area contributed by atoms with Crippen molar-refractivity contribution in [3.63, 3.8) is 0 Å². The summed E-state index contributed by atoms with van der Waals surface area (Å²) in [5.41, 5.74) is 1.51. The molecule has 2 aromatic heterocycles. The largest absolute Gasteiger partial charge is 0.294 e. The molecule has 0 spiro atoms. The zero-order valence-electron chi connectivity index (χ0n) is 12.0. The highest BCUT2D eigenvalue weighted by molar-refractivity contribution is 6.07. The van der Waals surface area contributed by atoms with Crippen LogP contribution in [0, 0.1) is 0 Å². The molecule has 0 unspecified atom stereocenters. The molecule has 106 valence electrons. The van der Waals surface area contributed by atoms with Gasteiger partial charge in [-0.05, 0) is 26.0 Å². The number of benzene rings is 1. The number of ketones is 1. The Balaban J connectivity index is 1.96. The molecule has 3 rings (SSSR count). The number of Topliss-reactive ketones (excluding diaryl/α,β-unsaturated/α-hetero) is 1. The van der Waals surface area contributed by atoms with Gasteiger partial charge in [-0.15, -0.1) is 0 Å². The van der Waals surface area contributed by atoms with Crippen LogP contribution >= 0.6 is 0 Å². The van der Waals surface area contributed by atoms with Crippen LogP contribution in [0.1, 0.15) is 36.1 Å². The molecule has 0 N–H and O–H groups in total. The molecule has 21 heavy (non-hydrogen) atoms. The molecule has 5 nitrogen and oxygen atoms in total. The summed E-state index contributed by atoms with van der Waals surface area (Å²) >= 11 is 0. The second-order valence-electron chi connectivity index (χ2n) is 5.19. The van der Waals surface area contributed by atoms with Gasteiger partial charge in [0.1, 0.15) is 12.2 Å². The molecule has 5 heteroatoms. The minimum Gasteiger partial charge on any atom is -0.294 e.